The van der Waals surface area contributed by atoms with Gasteiger partial charge >= 0.3 is 0 Å². The van der Waals surface area contributed by atoms with E-state index >= 15 is 0 Å². The van der Waals surface area contributed by atoms with E-state index in [9.17, 15) is 0 Å². The van der Waals surface area contributed by atoms with E-state index in [1.807, 2.05) is 6.92 Å². The molecule has 1 rings (SSSR count). The molecule has 0 spiro atoms. The Labute approximate surface area is 152 Å². The summed E-state index contributed by atoms with van der Waals surface area (Å²) in [6.45, 7) is 11.6. The molecule has 1 aromatic carbocycles. The maximum absolute atomic E-state index is 5.88. The molecule has 0 fully saturated rings. The van der Waals surface area contributed by atoms with Crippen molar-refractivity contribution in [3.05, 3.63) is 29.3 Å². The Kier molecular flexibility index (Phi) is 10.7. The average Bonchev–Trinajstić information content (AvgIpc) is 2.62. The van der Waals surface area contributed by atoms with Gasteiger partial charge in [0.05, 0.1) is 6.61 Å². The van der Waals surface area contributed by atoms with Crippen molar-refractivity contribution in [1.82, 2.24) is 15.5 Å². The van der Waals surface area contributed by atoms with Crippen LogP contribution in [0, 0.1) is 6.92 Å². The van der Waals surface area contributed by atoms with Gasteiger partial charge in [-0.25, -0.2) is 0 Å². The second-order valence-electron chi connectivity index (χ2n) is 5.91. The number of likely N-dealkylation sites (N-methyl/N-ethyl adjacent to an activating group) is 1. The molecular formula is C19H34N4O2. The van der Waals surface area contributed by atoms with Gasteiger partial charge in [0.15, 0.2) is 5.96 Å². The number of nitrogens with one attached hydrogen (secondary N) is 2. The number of ether oxygens (including phenoxy) is 2. The maximum Gasteiger partial charge on any atom is 0.191 e. The third-order valence-electron chi connectivity index (χ3n) is 3.91. The van der Waals surface area contributed by atoms with Crippen LogP contribution in [-0.2, 0) is 11.3 Å². The van der Waals surface area contributed by atoms with Gasteiger partial charge in [0.2, 0.25) is 0 Å². The fraction of sp³-hybridized carbons (Fsp3) is 0.632. The number of hydrogen-bond acceptors (Lipinski definition) is 4. The molecule has 142 valence electrons. The molecule has 0 aliphatic carbocycles. The van der Waals surface area contributed by atoms with E-state index < -0.39 is 0 Å². The van der Waals surface area contributed by atoms with E-state index in [1.54, 1.807) is 7.05 Å². The summed E-state index contributed by atoms with van der Waals surface area (Å²) in [4.78, 5) is 6.53. The summed E-state index contributed by atoms with van der Waals surface area (Å²) in [7, 11) is 3.89. The predicted octanol–water partition coefficient (Wildman–Crippen LogP) is 2.03. The molecule has 25 heavy (non-hydrogen) atoms. The van der Waals surface area contributed by atoms with Crippen LogP contribution >= 0.6 is 0 Å². The van der Waals surface area contributed by atoms with Crippen LogP contribution < -0.4 is 15.4 Å². The fourth-order valence-electron chi connectivity index (χ4n) is 2.22. The molecule has 0 aliphatic heterocycles. The second kappa shape index (κ2) is 12.6. The molecule has 2 N–H and O–H groups in total. The Balaban J connectivity index is 2.53. The van der Waals surface area contributed by atoms with E-state index in [0.717, 1.165) is 36.9 Å². The summed E-state index contributed by atoms with van der Waals surface area (Å²) >= 11 is 0. The van der Waals surface area contributed by atoms with Gasteiger partial charge in [0.1, 0.15) is 12.4 Å². The smallest absolute Gasteiger partial charge is 0.191 e. The summed E-state index contributed by atoms with van der Waals surface area (Å²) in [6.07, 6.45) is 0. The summed E-state index contributed by atoms with van der Waals surface area (Å²) in [6, 6.07) is 6.25. The first-order valence-corrected chi connectivity index (χ1v) is 9.03. The number of guanidine groups is 1. The number of benzene rings is 1. The topological polar surface area (TPSA) is 58.1 Å². The zero-order chi connectivity index (χ0) is 18.5. The van der Waals surface area contributed by atoms with Crippen LogP contribution in [0.15, 0.2) is 23.2 Å². The molecule has 6 nitrogen and oxygen atoms in total. The molecule has 0 saturated heterocycles. The fourth-order valence-corrected chi connectivity index (χ4v) is 2.22. The molecular weight excluding hydrogens is 316 g/mol. The molecule has 0 aromatic heterocycles. The minimum absolute atomic E-state index is 0.556. The molecule has 0 unspecified atom stereocenters. The largest absolute Gasteiger partial charge is 0.491 e. The Bertz CT molecular complexity index is 520. The van der Waals surface area contributed by atoms with Crippen molar-refractivity contribution < 1.29 is 9.47 Å². The van der Waals surface area contributed by atoms with Crippen LogP contribution in [0.3, 0.4) is 0 Å². The average molecular weight is 351 g/mol. The van der Waals surface area contributed by atoms with Gasteiger partial charge in [-0.2, -0.15) is 0 Å². The van der Waals surface area contributed by atoms with Gasteiger partial charge in [0, 0.05) is 38.9 Å². The SMILES string of the molecule is CCOCCOc1cc(C)ccc1CNC(=NC)NCCN(C)CC. The quantitative estimate of drug-likeness (QED) is 0.363. The molecule has 6 heteroatoms. The number of nitrogens with zero attached hydrogens (tertiary/aromatic N) is 2. The third-order valence-corrected chi connectivity index (χ3v) is 3.91. The third kappa shape index (κ3) is 8.74. The van der Waals surface area contributed by atoms with Crippen molar-refractivity contribution in [1.29, 1.82) is 0 Å². The zero-order valence-electron chi connectivity index (χ0n) is 16.4. The number of aryl methyl sites for hydroxylation is 1. The lowest BCUT2D eigenvalue weighted by Crippen LogP contribution is -2.40. The standard InChI is InChI=1S/C19H34N4O2/c1-6-23(5)11-10-21-19(20-4)22-15-17-9-8-16(3)14-18(17)25-13-12-24-7-2/h8-9,14H,6-7,10-13,15H2,1-5H3,(H2,20,21,22). The summed E-state index contributed by atoms with van der Waals surface area (Å²) < 4.78 is 11.2. The van der Waals surface area contributed by atoms with Crippen molar-refractivity contribution in [2.24, 2.45) is 4.99 Å². The van der Waals surface area contributed by atoms with Gasteiger partial charge in [-0.05, 0) is 39.1 Å². The van der Waals surface area contributed by atoms with Gasteiger partial charge < -0.3 is 25.0 Å². The van der Waals surface area contributed by atoms with E-state index in [2.05, 4.69) is 59.6 Å². The first kappa shape index (κ1) is 21.3. The van der Waals surface area contributed by atoms with E-state index in [1.165, 1.54) is 5.56 Å². The highest BCUT2D eigenvalue weighted by Gasteiger charge is 2.06. The molecule has 0 aliphatic rings. The lowest BCUT2D eigenvalue weighted by atomic mass is 10.1. The van der Waals surface area contributed by atoms with Crippen molar-refractivity contribution in [2.45, 2.75) is 27.3 Å². The first-order valence-electron chi connectivity index (χ1n) is 9.03. The van der Waals surface area contributed by atoms with Crippen molar-refractivity contribution in [3.63, 3.8) is 0 Å². The molecule has 0 heterocycles. The summed E-state index contributed by atoms with van der Waals surface area (Å²) in [5, 5.41) is 6.68. The van der Waals surface area contributed by atoms with Crippen LogP contribution in [0.5, 0.6) is 5.75 Å². The summed E-state index contributed by atoms with van der Waals surface area (Å²) in [5.41, 5.74) is 2.29. The Morgan fingerprint density at radius 2 is 2.00 bits per heavy atom. The zero-order valence-corrected chi connectivity index (χ0v) is 16.4. The van der Waals surface area contributed by atoms with E-state index in [4.69, 9.17) is 9.47 Å². The lowest BCUT2D eigenvalue weighted by molar-refractivity contribution is 0.110. The minimum Gasteiger partial charge on any atom is -0.491 e. The van der Waals surface area contributed by atoms with E-state index in [-0.39, 0.29) is 0 Å². The molecule has 0 saturated carbocycles. The van der Waals surface area contributed by atoms with Crippen LogP contribution in [0.1, 0.15) is 25.0 Å². The van der Waals surface area contributed by atoms with Crippen molar-refractivity contribution >= 4 is 5.96 Å². The Morgan fingerprint density at radius 3 is 2.68 bits per heavy atom. The Hall–Kier alpha value is -1.79. The highest BCUT2D eigenvalue weighted by molar-refractivity contribution is 5.79. The van der Waals surface area contributed by atoms with E-state index in [0.29, 0.717) is 26.4 Å². The van der Waals surface area contributed by atoms with Crippen LogP contribution in [0.25, 0.3) is 0 Å². The van der Waals surface area contributed by atoms with Crippen LogP contribution in [0.4, 0.5) is 0 Å². The molecule has 0 amide bonds. The summed E-state index contributed by atoms with van der Waals surface area (Å²) in [5.74, 6) is 1.69. The van der Waals surface area contributed by atoms with Crippen LogP contribution in [-0.4, -0.2) is 64.4 Å². The van der Waals surface area contributed by atoms with Gasteiger partial charge in [-0.1, -0.05) is 19.1 Å². The second-order valence-corrected chi connectivity index (χ2v) is 5.91. The van der Waals surface area contributed by atoms with Gasteiger partial charge in [-0.3, -0.25) is 4.99 Å². The molecule has 0 bridgehead atoms. The van der Waals surface area contributed by atoms with Gasteiger partial charge in [-0.15, -0.1) is 0 Å². The van der Waals surface area contributed by atoms with Crippen LogP contribution in [0.2, 0.25) is 0 Å². The lowest BCUT2D eigenvalue weighted by Gasteiger charge is -2.17. The minimum atomic E-state index is 0.556. The molecule has 1 aromatic rings. The number of hydrogen-bond donors (Lipinski definition) is 2. The maximum atomic E-state index is 5.88. The highest BCUT2D eigenvalue weighted by Crippen LogP contribution is 2.20. The van der Waals surface area contributed by atoms with Gasteiger partial charge in [0.25, 0.3) is 0 Å². The Morgan fingerprint density at radius 1 is 1.20 bits per heavy atom. The molecule has 0 radical (unpaired) electrons. The highest BCUT2D eigenvalue weighted by atomic mass is 16.5. The predicted molar refractivity (Wildman–Crippen MR) is 105 cm³/mol. The molecule has 0 atom stereocenters. The normalized spacial score (nSPS) is 11.7. The number of aliphatic imine (C=N–C) groups is 1. The van der Waals surface area contributed by atoms with Crippen molar-refractivity contribution in [3.8, 4) is 5.75 Å². The first-order chi connectivity index (χ1) is 12.1. The monoisotopic (exact) mass is 350 g/mol. The van der Waals surface area contributed by atoms with Crippen molar-refractivity contribution in [2.75, 3.05) is 53.6 Å². The number of rotatable bonds is 11.